The molecule has 0 bridgehead atoms. The molecule has 2 amide bonds. The maximum atomic E-state index is 12.2. The number of hydrogen-bond donors (Lipinski definition) is 3. The molecule has 0 atom stereocenters. The summed E-state index contributed by atoms with van der Waals surface area (Å²) in [5.74, 6) is 0.769. The lowest BCUT2D eigenvalue weighted by atomic mass is 10.2. The van der Waals surface area contributed by atoms with E-state index in [4.69, 9.17) is 9.47 Å². The summed E-state index contributed by atoms with van der Waals surface area (Å²) in [6.07, 6.45) is 0. The van der Waals surface area contributed by atoms with Crippen molar-refractivity contribution < 1.29 is 19.1 Å². The average molecular weight is 343 g/mol. The molecule has 0 fully saturated rings. The minimum absolute atomic E-state index is 0.0594. The van der Waals surface area contributed by atoms with Crippen molar-refractivity contribution in [1.82, 2.24) is 0 Å². The highest BCUT2D eigenvalue weighted by Crippen LogP contribution is 2.28. The summed E-state index contributed by atoms with van der Waals surface area (Å²) in [7, 11) is 3.08. The second-order valence-corrected chi connectivity index (χ2v) is 5.23. The highest BCUT2D eigenvalue weighted by molar-refractivity contribution is 5.95. The molecule has 7 heteroatoms. The summed E-state index contributed by atoms with van der Waals surface area (Å²) in [5, 5.41) is 8.48. The zero-order valence-electron chi connectivity index (χ0n) is 14.4. The maximum absolute atomic E-state index is 12.2. The largest absolute Gasteiger partial charge is 0.497 e. The molecule has 0 heterocycles. The van der Waals surface area contributed by atoms with E-state index >= 15 is 0 Å². The van der Waals surface area contributed by atoms with E-state index in [-0.39, 0.29) is 18.4 Å². The Kier molecular flexibility index (Phi) is 6.22. The van der Waals surface area contributed by atoms with Crippen LogP contribution in [0.15, 0.2) is 42.5 Å². The Balaban J connectivity index is 1.98. The van der Waals surface area contributed by atoms with Crippen LogP contribution >= 0.6 is 0 Å². The molecule has 0 radical (unpaired) electrons. The molecule has 0 saturated carbocycles. The third-order valence-electron chi connectivity index (χ3n) is 3.32. The molecular weight excluding hydrogens is 322 g/mol. The van der Waals surface area contributed by atoms with Crippen molar-refractivity contribution in [2.45, 2.75) is 6.92 Å². The number of nitrogens with one attached hydrogen (secondary N) is 3. The summed E-state index contributed by atoms with van der Waals surface area (Å²) in [6, 6.07) is 12.3. The molecule has 2 aromatic carbocycles. The average Bonchev–Trinajstić information content (AvgIpc) is 2.59. The van der Waals surface area contributed by atoms with Gasteiger partial charge in [0.25, 0.3) is 0 Å². The lowest BCUT2D eigenvalue weighted by Crippen LogP contribution is -2.22. The van der Waals surface area contributed by atoms with Gasteiger partial charge in [-0.25, -0.2) is 0 Å². The Hall–Kier alpha value is -3.22. The SMILES string of the molecule is COc1ccc(OC)c(NC(=O)CNc2cccc(NC(C)=O)c2)c1. The smallest absolute Gasteiger partial charge is 0.243 e. The van der Waals surface area contributed by atoms with E-state index in [0.717, 1.165) is 5.69 Å². The highest BCUT2D eigenvalue weighted by atomic mass is 16.5. The summed E-state index contributed by atoms with van der Waals surface area (Å²) < 4.78 is 10.4. The predicted molar refractivity (Wildman–Crippen MR) is 97.4 cm³/mol. The van der Waals surface area contributed by atoms with Crippen molar-refractivity contribution in [2.24, 2.45) is 0 Å². The van der Waals surface area contributed by atoms with Gasteiger partial charge in [0.15, 0.2) is 0 Å². The van der Waals surface area contributed by atoms with Gasteiger partial charge in [0, 0.05) is 24.4 Å². The third kappa shape index (κ3) is 5.42. The maximum Gasteiger partial charge on any atom is 0.243 e. The van der Waals surface area contributed by atoms with Crippen LogP contribution in [-0.2, 0) is 9.59 Å². The van der Waals surface area contributed by atoms with E-state index in [2.05, 4.69) is 16.0 Å². The number of methoxy groups -OCH3 is 2. The van der Waals surface area contributed by atoms with Gasteiger partial charge in [0.2, 0.25) is 11.8 Å². The fourth-order valence-electron chi connectivity index (χ4n) is 2.20. The summed E-state index contributed by atoms with van der Waals surface area (Å²) in [5.41, 5.74) is 1.91. The van der Waals surface area contributed by atoms with Crippen LogP contribution in [0, 0.1) is 0 Å². The van der Waals surface area contributed by atoms with Crippen LogP contribution in [0.2, 0.25) is 0 Å². The molecule has 7 nitrogen and oxygen atoms in total. The minimum Gasteiger partial charge on any atom is -0.497 e. The molecule has 0 saturated heterocycles. The standard InChI is InChI=1S/C18H21N3O4/c1-12(22)20-14-6-4-5-13(9-14)19-11-18(23)21-16-10-15(24-2)7-8-17(16)25-3/h4-10,19H,11H2,1-3H3,(H,20,22)(H,21,23). The van der Waals surface area contributed by atoms with Crippen molar-refractivity contribution in [3.05, 3.63) is 42.5 Å². The second kappa shape index (κ2) is 8.58. The lowest BCUT2D eigenvalue weighted by Gasteiger charge is -2.13. The Morgan fingerprint density at radius 1 is 0.960 bits per heavy atom. The molecule has 0 aliphatic rings. The van der Waals surface area contributed by atoms with Crippen LogP contribution < -0.4 is 25.4 Å². The van der Waals surface area contributed by atoms with E-state index in [1.807, 2.05) is 6.07 Å². The van der Waals surface area contributed by atoms with Crippen LogP contribution in [0.25, 0.3) is 0 Å². The van der Waals surface area contributed by atoms with Crippen LogP contribution in [-0.4, -0.2) is 32.6 Å². The van der Waals surface area contributed by atoms with Crippen LogP contribution in [0.4, 0.5) is 17.1 Å². The molecule has 0 unspecified atom stereocenters. The Morgan fingerprint density at radius 3 is 2.40 bits per heavy atom. The van der Waals surface area contributed by atoms with E-state index in [1.54, 1.807) is 43.5 Å². The van der Waals surface area contributed by atoms with Gasteiger partial charge in [-0.05, 0) is 30.3 Å². The summed E-state index contributed by atoms with van der Waals surface area (Å²) in [6.45, 7) is 1.50. The first-order valence-electron chi connectivity index (χ1n) is 7.65. The van der Waals surface area contributed by atoms with Crippen molar-refractivity contribution in [3.63, 3.8) is 0 Å². The first kappa shape index (κ1) is 18.1. The minimum atomic E-state index is -0.239. The van der Waals surface area contributed by atoms with E-state index in [0.29, 0.717) is 22.9 Å². The van der Waals surface area contributed by atoms with Crippen molar-refractivity contribution in [2.75, 3.05) is 36.7 Å². The third-order valence-corrected chi connectivity index (χ3v) is 3.32. The molecule has 132 valence electrons. The van der Waals surface area contributed by atoms with E-state index in [1.165, 1.54) is 14.0 Å². The number of rotatable bonds is 7. The fraction of sp³-hybridized carbons (Fsp3) is 0.222. The Bertz CT molecular complexity index is 762. The number of carbonyl (C=O) groups is 2. The van der Waals surface area contributed by atoms with Crippen molar-refractivity contribution >= 4 is 28.9 Å². The van der Waals surface area contributed by atoms with Gasteiger partial charge in [0.05, 0.1) is 26.5 Å². The zero-order chi connectivity index (χ0) is 18.2. The number of benzene rings is 2. The molecule has 0 aliphatic heterocycles. The molecule has 3 N–H and O–H groups in total. The Morgan fingerprint density at radius 2 is 1.72 bits per heavy atom. The summed E-state index contributed by atoms with van der Waals surface area (Å²) in [4.78, 5) is 23.3. The normalized spacial score (nSPS) is 9.88. The first-order valence-corrected chi connectivity index (χ1v) is 7.65. The van der Waals surface area contributed by atoms with Gasteiger partial charge >= 0.3 is 0 Å². The first-order chi connectivity index (χ1) is 12.0. The van der Waals surface area contributed by atoms with Crippen molar-refractivity contribution in [3.8, 4) is 11.5 Å². The quantitative estimate of drug-likeness (QED) is 0.719. The molecule has 0 spiro atoms. The van der Waals surface area contributed by atoms with Gasteiger partial charge in [-0.2, -0.15) is 0 Å². The van der Waals surface area contributed by atoms with Gasteiger partial charge < -0.3 is 25.4 Å². The number of hydrogen-bond acceptors (Lipinski definition) is 5. The summed E-state index contributed by atoms with van der Waals surface area (Å²) >= 11 is 0. The zero-order valence-corrected chi connectivity index (χ0v) is 14.4. The molecular formula is C18H21N3O4. The highest BCUT2D eigenvalue weighted by Gasteiger charge is 2.09. The number of ether oxygens (including phenoxy) is 2. The number of carbonyl (C=O) groups excluding carboxylic acids is 2. The van der Waals surface area contributed by atoms with Crippen LogP contribution in [0.3, 0.4) is 0 Å². The van der Waals surface area contributed by atoms with Crippen LogP contribution in [0.5, 0.6) is 11.5 Å². The van der Waals surface area contributed by atoms with E-state index < -0.39 is 0 Å². The number of anilines is 3. The van der Waals surface area contributed by atoms with Crippen LogP contribution in [0.1, 0.15) is 6.92 Å². The second-order valence-electron chi connectivity index (χ2n) is 5.23. The molecule has 0 aliphatic carbocycles. The fourth-order valence-corrected chi connectivity index (χ4v) is 2.20. The lowest BCUT2D eigenvalue weighted by molar-refractivity contribution is -0.115. The molecule has 25 heavy (non-hydrogen) atoms. The monoisotopic (exact) mass is 343 g/mol. The van der Waals surface area contributed by atoms with Gasteiger partial charge in [-0.1, -0.05) is 6.07 Å². The van der Waals surface area contributed by atoms with Gasteiger partial charge in [0.1, 0.15) is 11.5 Å². The van der Waals surface area contributed by atoms with Gasteiger partial charge in [-0.3, -0.25) is 9.59 Å². The molecule has 0 aromatic heterocycles. The number of amides is 2. The molecule has 2 rings (SSSR count). The predicted octanol–water partition coefficient (Wildman–Crippen LogP) is 2.71. The molecule has 2 aromatic rings. The Labute approximate surface area is 146 Å². The van der Waals surface area contributed by atoms with Crippen molar-refractivity contribution in [1.29, 1.82) is 0 Å². The van der Waals surface area contributed by atoms with E-state index in [9.17, 15) is 9.59 Å². The topological polar surface area (TPSA) is 88.7 Å². The van der Waals surface area contributed by atoms with Gasteiger partial charge in [-0.15, -0.1) is 0 Å².